The summed E-state index contributed by atoms with van der Waals surface area (Å²) >= 11 is 0. The van der Waals surface area contributed by atoms with Gasteiger partial charge in [-0.3, -0.25) is 4.79 Å². The number of likely N-dealkylation sites (N-methyl/N-ethyl adjacent to an activating group) is 1. The summed E-state index contributed by atoms with van der Waals surface area (Å²) in [6, 6.07) is 12.0. The van der Waals surface area contributed by atoms with Gasteiger partial charge in [-0.15, -0.1) is 0 Å². The highest BCUT2D eigenvalue weighted by molar-refractivity contribution is 5.93. The van der Waals surface area contributed by atoms with E-state index in [9.17, 15) is 4.79 Å². The molecule has 2 aromatic rings. The molecular formula is C17H23N3O. The molecule has 0 radical (unpaired) electrons. The van der Waals surface area contributed by atoms with Crippen LogP contribution in [0.2, 0.25) is 0 Å². The molecule has 0 aliphatic carbocycles. The molecule has 1 aromatic carbocycles. The summed E-state index contributed by atoms with van der Waals surface area (Å²) in [5, 5.41) is 0. The first kappa shape index (κ1) is 15.2. The molecule has 0 aliphatic rings. The number of benzene rings is 1. The summed E-state index contributed by atoms with van der Waals surface area (Å²) in [6.07, 6.45) is 2.68. The van der Waals surface area contributed by atoms with E-state index in [0.717, 1.165) is 13.0 Å². The van der Waals surface area contributed by atoms with Crippen molar-refractivity contribution in [1.29, 1.82) is 0 Å². The van der Waals surface area contributed by atoms with Crippen molar-refractivity contribution in [1.82, 2.24) is 9.47 Å². The molecule has 2 rings (SSSR count). The van der Waals surface area contributed by atoms with Crippen LogP contribution in [0.1, 0.15) is 29.9 Å². The quantitative estimate of drug-likeness (QED) is 0.887. The summed E-state index contributed by atoms with van der Waals surface area (Å²) in [7, 11) is 0. The van der Waals surface area contributed by atoms with Crippen LogP contribution >= 0.6 is 0 Å². The van der Waals surface area contributed by atoms with Gasteiger partial charge in [0.25, 0.3) is 5.91 Å². The van der Waals surface area contributed by atoms with Crippen molar-refractivity contribution in [2.45, 2.75) is 26.8 Å². The SMILES string of the molecule is CCN(CCc1ccccc1)C(=O)c1cc(N)cn1CC. The van der Waals surface area contributed by atoms with E-state index in [2.05, 4.69) is 12.1 Å². The molecule has 0 aliphatic heterocycles. The summed E-state index contributed by atoms with van der Waals surface area (Å²) in [6.45, 7) is 6.17. The van der Waals surface area contributed by atoms with Crippen molar-refractivity contribution in [2.75, 3.05) is 18.8 Å². The number of nitrogen functional groups attached to an aromatic ring is 1. The number of aromatic nitrogens is 1. The Morgan fingerprint density at radius 3 is 2.57 bits per heavy atom. The third kappa shape index (κ3) is 3.66. The molecule has 0 saturated heterocycles. The zero-order valence-corrected chi connectivity index (χ0v) is 12.7. The van der Waals surface area contributed by atoms with E-state index in [0.29, 0.717) is 24.5 Å². The van der Waals surface area contributed by atoms with E-state index in [1.165, 1.54) is 5.56 Å². The molecule has 0 fully saturated rings. The number of carbonyl (C=O) groups excluding carboxylic acids is 1. The first-order chi connectivity index (χ1) is 10.2. The van der Waals surface area contributed by atoms with E-state index in [-0.39, 0.29) is 5.91 Å². The number of carbonyl (C=O) groups is 1. The van der Waals surface area contributed by atoms with Crippen LogP contribution in [-0.4, -0.2) is 28.5 Å². The molecule has 112 valence electrons. The highest BCUT2D eigenvalue weighted by Crippen LogP contribution is 2.14. The highest BCUT2D eigenvalue weighted by atomic mass is 16.2. The normalized spacial score (nSPS) is 10.6. The maximum absolute atomic E-state index is 12.6. The Hall–Kier alpha value is -2.23. The highest BCUT2D eigenvalue weighted by Gasteiger charge is 2.18. The van der Waals surface area contributed by atoms with Crippen molar-refractivity contribution in [3.63, 3.8) is 0 Å². The first-order valence-corrected chi connectivity index (χ1v) is 7.44. The van der Waals surface area contributed by atoms with E-state index in [1.54, 1.807) is 6.07 Å². The van der Waals surface area contributed by atoms with Gasteiger partial charge in [-0.2, -0.15) is 0 Å². The van der Waals surface area contributed by atoms with Crippen LogP contribution in [0.5, 0.6) is 0 Å². The smallest absolute Gasteiger partial charge is 0.270 e. The van der Waals surface area contributed by atoms with Gasteiger partial charge in [0.15, 0.2) is 0 Å². The molecule has 4 heteroatoms. The first-order valence-electron chi connectivity index (χ1n) is 7.44. The molecule has 0 spiro atoms. The minimum Gasteiger partial charge on any atom is -0.397 e. The van der Waals surface area contributed by atoms with Crippen LogP contribution in [0.25, 0.3) is 0 Å². The van der Waals surface area contributed by atoms with Gasteiger partial charge in [-0.05, 0) is 31.9 Å². The number of aryl methyl sites for hydroxylation is 1. The molecule has 4 nitrogen and oxygen atoms in total. The number of anilines is 1. The topological polar surface area (TPSA) is 51.3 Å². The van der Waals surface area contributed by atoms with Crippen molar-refractivity contribution < 1.29 is 4.79 Å². The Bertz CT molecular complexity index is 589. The van der Waals surface area contributed by atoms with Gasteiger partial charge in [0.1, 0.15) is 5.69 Å². The number of amides is 1. The predicted molar refractivity (Wildman–Crippen MR) is 86.2 cm³/mol. The van der Waals surface area contributed by atoms with Gasteiger partial charge in [-0.1, -0.05) is 30.3 Å². The zero-order valence-electron chi connectivity index (χ0n) is 12.7. The molecule has 0 atom stereocenters. The minimum atomic E-state index is 0.0481. The summed E-state index contributed by atoms with van der Waals surface area (Å²) in [5.41, 5.74) is 8.36. The summed E-state index contributed by atoms with van der Waals surface area (Å²) < 4.78 is 1.91. The van der Waals surface area contributed by atoms with Crippen LogP contribution in [0.4, 0.5) is 5.69 Å². The molecule has 21 heavy (non-hydrogen) atoms. The molecule has 0 unspecified atom stereocenters. The third-order valence-electron chi connectivity index (χ3n) is 3.66. The zero-order chi connectivity index (χ0) is 15.2. The summed E-state index contributed by atoms with van der Waals surface area (Å²) in [5.74, 6) is 0.0481. The molecule has 2 N–H and O–H groups in total. The second-order valence-corrected chi connectivity index (χ2v) is 5.07. The fourth-order valence-electron chi connectivity index (χ4n) is 2.45. The number of hydrogen-bond acceptors (Lipinski definition) is 2. The predicted octanol–water partition coefficient (Wildman–Crippen LogP) is 2.80. The number of rotatable bonds is 6. The fraction of sp³-hybridized carbons (Fsp3) is 0.353. The van der Waals surface area contributed by atoms with Gasteiger partial charge < -0.3 is 15.2 Å². The Kier molecular flexibility index (Phi) is 5.04. The Morgan fingerprint density at radius 2 is 1.95 bits per heavy atom. The maximum atomic E-state index is 12.6. The fourth-order valence-corrected chi connectivity index (χ4v) is 2.45. The number of nitrogens with zero attached hydrogens (tertiary/aromatic N) is 2. The molecule has 0 saturated carbocycles. The lowest BCUT2D eigenvalue weighted by molar-refractivity contribution is 0.0755. The largest absolute Gasteiger partial charge is 0.397 e. The maximum Gasteiger partial charge on any atom is 0.270 e. The second kappa shape index (κ2) is 6.97. The molecule has 0 bridgehead atoms. The van der Waals surface area contributed by atoms with Gasteiger partial charge in [0.2, 0.25) is 0 Å². The monoisotopic (exact) mass is 285 g/mol. The van der Waals surface area contributed by atoms with Crippen molar-refractivity contribution in [3.05, 3.63) is 53.9 Å². The van der Waals surface area contributed by atoms with Crippen LogP contribution in [0.3, 0.4) is 0 Å². The molecule has 1 amide bonds. The van der Waals surface area contributed by atoms with Crippen LogP contribution < -0.4 is 5.73 Å². The van der Waals surface area contributed by atoms with E-state index >= 15 is 0 Å². The standard InChI is InChI=1S/C17H23N3O/c1-3-19(11-10-14-8-6-5-7-9-14)17(21)16-12-15(18)13-20(16)4-2/h5-9,12-13H,3-4,10-11,18H2,1-2H3. The molecule has 1 aromatic heterocycles. The number of hydrogen-bond donors (Lipinski definition) is 1. The average molecular weight is 285 g/mol. The van der Waals surface area contributed by atoms with Crippen molar-refractivity contribution >= 4 is 11.6 Å². The van der Waals surface area contributed by atoms with Crippen molar-refractivity contribution in [3.8, 4) is 0 Å². The molecule has 1 heterocycles. The van der Waals surface area contributed by atoms with E-state index < -0.39 is 0 Å². The average Bonchev–Trinajstić information content (AvgIpc) is 2.89. The van der Waals surface area contributed by atoms with E-state index in [4.69, 9.17) is 5.73 Å². The van der Waals surface area contributed by atoms with Crippen LogP contribution in [0, 0.1) is 0 Å². The lowest BCUT2D eigenvalue weighted by Crippen LogP contribution is -2.34. The lowest BCUT2D eigenvalue weighted by atomic mass is 10.1. The Morgan fingerprint density at radius 1 is 1.24 bits per heavy atom. The van der Waals surface area contributed by atoms with E-state index in [1.807, 2.05) is 47.7 Å². The molecular weight excluding hydrogens is 262 g/mol. The lowest BCUT2D eigenvalue weighted by Gasteiger charge is -2.21. The van der Waals surface area contributed by atoms with Gasteiger partial charge in [0, 0.05) is 25.8 Å². The third-order valence-corrected chi connectivity index (χ3v) is 3.66. The van der Waals surface area contributed by atoms with Crippen LogP contribution in [0.15, 0.2) is 42.6 Å². The Labute approximate surface area is 126 Å². The minimum absolute atomic E-state index is 0.0481. The second-order valence-electron chi connectivity index (χ2n) is 5.07. The van der Waals surface area contributed by atoms with Gasteiger partial charge in [-0.25, -0.2) is 0 Å². The van der Waals surface area contributed by atoms with Crippen LogP contribution in [-0.2, 0) is 13.0 Å². The Balaban J connectivity index is 2.08. The van der Waals surface area contributed by atoms with Gasteiger partial charge >= 0.3 is 0 Å². The number of nitrogens with two attached hydrogens (primary N) is 1. The summed E-state index contributed by atoms with van der Waals surface area (Å²) in [4.78, 5) is 14.5. The van der Waals surface area contributed by atoms with Crippen molar-refractivity contribution in [2.24, 2.45) is 0 Å². The van der Waals surface area contributed by atoms with Gasteiger partial charge in [0.05, 0.1) is 5.69 Å².